The van der Waals surface area contributed by atoms with Crippen molar-refractivity contribution in [3.05, 3.63) is 42.5 Å². The van der Waals surface area contributed by atoms with Gasteiger partial charge >= 0.3 is 12.0 Å². The van der Waals surface area contributed by atoms with E-state index >= 15 is 0 Å². The summed E-state index contributed by atoms with van der Waals surface area (Å²) in [6.07, 6.45) is 2.24. The second kappa shape index (κ2) is 10.5. The molecular weight excluding hydrogens is 398 g/mol. The molecule has 1 aromatic heterocycles. The van der Waals surface area contributed by atoms with Gasteiger partial charge in [-0.05, 0) is 43.7 Å². The summed E-state index contributed by atoms with van der Waals surface area (Å²) < 4.78 is 16.1. The lowest BCUT2D eigenvalue weighted by atomic mass is 10.1. The Morgan fingerprint density at radius 3 is 2.74 bits per heavy atom. The predicted molar refractivity (Wildman–Crippen MR) is 118 cm³/mol. The number of urea groups is 1. The topological polar surface area (TPSA) is 103 Å². The molecular formula is C23H27N3O5. The highest BCUT2D eigenvalue weighted by atomic mass is 16.5. The van der Waals surface area contributed by atoms with Crippen LogP contribution in [0, 0.1) is 0 Å². The minimum atomic E-state index is -0.685. The van der Waals surface area contributed by atoms with Crippen molar-refractivity contribution in [3.63, 3.8) is 0 Å². The molecule has 0 bridgehead atoms. The van der Waals surface area contributed by atoms with Gasteiger partial charge in [-0.25, -0.2) is 14.6 Å². The summed E-state index contributed by atoms with van der Waals surface area (Å²) in [5.41, 5.74) is 2.58. The van der Waals surface area contributed by atoms with Crippen LogP contribution in [0.25, 0.3) is 22.6 Å². The van der Waals surface area contributed by atoms with E-state index in [9.17, 15) is 9.59 Å². The molecule has 0 saturated heterocycles. The van der Waals surface area contributed by atoms with Crippen LogP contribution in [-0.2, 0) is 9.53 Å². The number of unbranched alkanes of at least 4 members (excludes halogenated alkanes) is 1. The number of carbonyl (C=O) groups excluding carboxylic acids is 2. The number of esters is 1. The summed E-state index contributed by atoms with van der Waals surface area (Å²) in [4.78, 5) is 29.1. The number of fused-ring (bicyclic) bond motifs is 1. The van der Waals surface area contributed by atoms with Gasteiger partial charge in [0.05, 0.1) is 13.7 Å². The fourth-order valence-electron chi connectivity index (χ4n) is 3.11. The van der Waals surface area contributed by atoms with E-state index in [4.69, 9.17) is 13.9 Å². The van der Waals surface area contributed by atoms with E-state index in [1.54, 1.807) is 50.4 Å². The first-order valence-corrected chi connectivity index (χ1v) is 10.3. The Balaban J connectivity index is 1.72. The van der Waals surface area contributed by atoms with Gasteiger partial charge in [-0.15, -0.1) is 0 Å². The number of nitrogens with one attached hydrogen (secondary N) is 2. The number of anilines is 1. The molecule has 0 radical (unpaired) electrons. The molecule has 2 amide bonds. The Labute approximate surface area is 180 Å². The Kier molecular flexibility index (Phi) is 7.48. The first-order valence-electron chi connectivity index (χ1n) is 10.3. The molecule has 164 valence electrons. The number of hydrogen-bond donors (Lipinski definition) is 2. The van der Waals surface area contributed by atoms with Gasteiger partial charge in [0, 0.05) is 17.3 Å². The number of carbonyl (C=O) groups is 2. The molecule has 0 spiro atoms. The van der Waals surface area contributed by atoms with Crippen LogP contribution in [0.5, 0.6) is 5.75 Å². The van der Waals surface area contributed by atoms with E-state index in [2.05, 4.69) is 15.6 Å². The molecule has 1 heterocycles. The van der Waals surface area contributed by atoms with Crippen LogP contribution in [0.4, 0.5) is 10.5 Å². The lowest BCUT2D eigenvalue weighted by Gasteiger charge is -2.17. The van der Waals surface area contributed by atoms with Crippen molar-refractivity contribution in [2.24, 2.45) is 0 Å². The third-order valence-corrected chi connectivity index (χ3v) is 4.68. The van der Waals surface area contributed by atoms with Crippen LogP contribution in [0.3, 0.4) is 0 Å². The number of rotatable bonds is 9. The van der Waals surface area contributed by atoms with Crippen LogP contribution < -0.4 is 15.4 Å². The van der Waals surface area contributed by atoms with Crippen LogP contribution >= 0.6 is 0 Å². The summed E-state index contributed by atoms with van der Waals surface area (Å²) in [6.45, 7) is 4.03. The monoisotopic (exact) mass is 425 g/mol. The quantitative estimate of drug-likeness (QED) is 0.480. The van der Waals surface area contributed by atoms with Gasteiger partial charge in [-0.2, -0.15) is 0 Å². The van der Waals surface area contributed by atoms with E-state index in [-0.39, 0.29) is 6.61 Å². The van der Waals surface area contributed by atoms with Gasteiger partial charge in [0.1, 0.15) is 17.3 Å². The number of nitrogens with zero attached hydrogens (tertiary/aromatic N) is 1. The maximum Gasteiger partial charge on any atom is 0.328 e. The van der Waals surface area contributed by atoms with Crippen molar-refractivity contribution in [1.82, 2.24) is 10.3 Å². The summed E-state index contributed by atoms with van der Waals surface area (Å²) in [5.74, 6) is 0.695. The van der Waals surface area contributed by atoms with Crippen molar-refractivity contribution in [3.8, 4) is 17.2 Å². The highest BCUT2D eigenvalue weighted by molar-refractivity contribution is 5.93. The Morgan fingerprint density at radius 2 is 2.00 bits per heavy atom. The predicted octanol–water partition coefficient (Wildman–Crippen LogP) is 4.75. The fraction of sp³-hybridized carbons (Fsp3) is 0.348. The van der Waals surface area contributed by atoms with Crippen LogP contribution in [0.15, 0.2) is 46.9 Å². The molecule has 0 aliphatic carbocycles. The summed E-state index contributed by atoms with van der Waals surface area (Å²) in [7, 11) is 1.59. The second-order valence-electron chi connectivity index (χ2n) is 6.98. The third kappa shape index (κ3) is 5.75. The van der Waals surface area contributed by atoms with Crippen LogP contribution in [0.1, 0.15) is 33.1 Å². The lowest BCUT2D eigenvalue weighted by molar-refractivity contribution is -0.145. The molecule has 0 aliphatic rings. The van der Waals surface area contributed by atoms with E-state index in [1.165, 1.54) is 0 Å². The van der Waals surface area contributed by atoms with Crippen LogP contribution in [0.2, 0.25) is 0 Å². The molecule has 0 saturated carbocycles. The smallest absolute Gasteiger partial charge is 0.328 e. The summed E-state index contributed by atoms with van der Waals surface area (Å²) in [6, 6.07) is 11.4. The molecule has 1 unspecified atom stereocenters. The number of ether oxygens (including phenoxy) is 2. The zero-order chi connectivity index (χ0) is 22.2. The van der Waals surface area contributed by atoms with Gasteiger partial charge in [0.25, 0.3) is 0 Å². The van der Waals surface area contributed by atoms with Crippen molar-refractivity contribution < 1.29 is 23.5 Å². The van der Waals surface area contributed by atoms with Crippen molar-refractivity contribution in [2.45, 2.75) is 39.2 Å². The molecule has 0 fully saturated rings. The number of methoxy groups -OCH3 is 1. The van der Waals surface area contributed by atoms with E-state index in [1.807, 2.05) is 13.0 Å². The normalized spacial score (nSPS) is 11.7. The molecule has 3 rings (SSSR count). The molecule has 2 aromatic carbocycles. The van der Waals surface area contributed by atoms with Crippen molar-refractivity contribution in [1.29, 1.82) is 0 Å². The number of aromatic nitrogens is 1. The number of amides is 2. The highest BCUT2D eigenvalue weighted by Gasteiger charge is 2.21. The molecule has 8 heteroatoms. The zero-order valence-corrected chi connectivity index (χ0v) is 17.9. The fourth-order valence-corrected chi connectivity index (χ4v) is 3.11. The average Bonchev–Trinajstić information content (AvgIpc) is 3.20. The van der Waals surface area contributed by atoms with E-state index in [0.717, 1.165) is 12.8 Å². The molecule has 2 N–H and O–H groups in total. The lowest BCUT2D eigenvalue weighted by Crippen LogP contribution is -2.43. The molecule has 8 nitrogen and oxygen atoms in total. The SMILES string of the molecule is CCCCC(NC(=O)Nc1cccc(-c2nc3cc(OC)ccc3o2)c1)C(=O)OCC. The number of hydrogen-bond acceptors (Lipinski definition) is 6. The van der Waals surface area contributed by atoms with Gasteiger partial charge in [-0.1, -0.05) is 25.8 Å². The Bertz CT molecular complexity index is 1050. The number of benzene rings is 2. The Morgan fingerprint density at radius 1 is 1.16 bits per heavy atom. The molecule has 1 atom stereocenters. The largest absolute Gasteiger partial charge is 0.497 e. The van der Waals surface area contributed by atoms with Gasteiger partial charge < -0.3 is 24.5 Å². The zero-order valence-electron chi connectivity index (χ0n) is 17.9. The molecule has 31 heavy (non-hydrogen) atoms. The maximum absolute atomic E-state index is 12.5. The molecule has 3 aromatic rings. The first-order chi connectivity index (χ1) is 15.0. The third-order valence-electron chi connectivity index (χ3n) is 4.68. The maximum atomic E-state index is 12.5. The van der Waals surface area contributed by atoms with E-state index < -0.39 is 18.0 Å². The summed E-state index contributed by atoms with van der Waals surface area (Å²) >= 11 is 0. The highest BCUT2D eigenvalue weighted by Crippen LogP contribution is 2.28. The van der Waals surface area contributed by atoms with Gasteiger partial charge in [0.15, 0.2) is 5.58 Å². The van der Waals surface area contributed by atoms with Gasteiger partial charge in [0.2, 0.25) is 5.89 Å². The van der Waals surface area contributed by atoms with Crippen molar-refractivity contribution in [2.75, 3.05) is 19.0 Å². The number of oxazole rings is 1. The van der Waals surface area contributed by atoms with Gasteiger partial charge in [-0.3, -0.25) is 0 Å². The molecule has 0 aliphatic heterocycles. The van der Waals surface area contributed by atoms with E-state index in [0.29, 0.717) is 40.4 Å². The standard InChI is InChI=1S/C23H27N3O5/c1-4-6-10-18(22(27)30-5-2)26-23(28)24-16-9-7-8-15(13-16)21-25-19-14-17(29-3)11-12-20(19)31-21/h7-9,11-14,18H,4-6,10H2,1-3H3,(H2,24,26,28). The Hall–Kier alpha value is -3.55. The second-order valence-corrected chi connectivity index (χ2v) is 6.98. The minimum Gasteiger partial charge on any atom is -0.497 e. The summed E-state index contributed by atoms with van der Waals surface area (Å²) in [5, 5.41) is 5.46. The minimum absolute atomic E-state index is 0.267. The van der Waals surface area contributed by atoms with Crippen molar-refractivity contribution >= 4 is 28.8 Å². The van der Waals surface area contributed by atoms with Crippen LogP contribution in [-0.4, -0.2) is 36.7 Å². The first kappa shape index (κ1) is 22.1. The average molecular weight is 425 g/mol.